The molecule has 0 radical (unpaired) electrons. The molecule has 2 amide bonds. The predicted molar refractivity (Wildman–Crippen MR) is 112 cm³/mol. The van der Waals surface area contributed by atoms with Crippen LogP contribution < -0.4 is 15.5 Å². The van der Waals surface area contributed by atoms with Crippen molar-refractivity contribution >= 4 is 23.2 Å². The Morgan fingerprint density at radius 3 is 2.07 bits per heavy atom. The molecule has 150 valence electrons. The Kier molecular flexibility index (Phi) is 7.69. The number of nitrogens with one attached hydrogen (secondary N) is 2. The van der Waals surface area contributed by atoms with E-state index in [0.29, 0.717) is 0 Å². The second-order valence-electron chi connectivity index (χ2n) is 7.87. The summed E-state index contributed by atoms with van der Waals surface area (Å²) in [5, 5.41) is 6.08. The zero-order chi connectivity index (χ0) is 20.0. The minimum absolute atomic E-state index is 0.00467. The van der Waals surface area contributed by atoms with Crippen molar-refractivity contribution in [2.45, 2.75) is 66.3 Å². The number of amides is 2. The van der Waals surface area contributed by atoms with Gasteiger partial charge in [0.1, 0.15) is 0 Å². The van der Waals surface area contributed by atoms with Crippen molar-refractivity contribution in [3.05, 3.63) is 23.8 Å². The van der Waals surface area contributed by atoms with E-state index in [4.69, 9.17) is 0 Å². The Labute approximate surface area is 163 Å². The quantitative estimate of drug-likeness (QED) is 0.756. The van der Waals surface area contributed by atoms with Gasteiger partial charge in [-0.25, -0.2) is 0 Å². The minimum Gasteiger partial charge on any atom is -0.372 e. The predicted octanol–water partition coefficient (Wildman–Crippen LogP) is 4.11. The average Bonchev–Trinajstić information content (AvgIpc) is 2.64. The first-order chi connectivity index (χ1) is 12.8. The Hall–Kier alpha value is -2.04. The van der Waals surface area contributed by atoms with E-state index < -0.39 is 0 Å². The molecule has 1 aliphatic rings. The Bertz CT molecular complexity index is 645. The molecule has 0 unspecified atom stereocenters. The highest BCUT2D eigenvalue weighted by Crippen LogP contribution is 2.31. The number of carbonyl (C=O) groups is 2. The largest absolute Gasteiger partial charge is 0.372 e. The summed E-state index contributed by atoms with van der Waals surface area (Å²) in [6, 6.07) is 6.38. The van der Waals surface area contributed by atoms with Gasteiger partial charge in [-0.2, -0.15) is 0 Å². The summed E-state index contributed by atoms with van der Waals surface area (Å²) in [4.78, 5) is 27.1. The molecular formula is C22H35N3O2. The molecule has 0 aliphatic heterocycles. The number of hydrogen-bond acceptors (Lipinski definition) is 3. The molecule has 1 aromatic rings. The molecule has 0 spiro atoms. The van der Waals surface area contributed by atoms with Crippen LogP contribution in [0.2, 0.25) is 0 Å². The van der Waals surface area contributed by atoms with Gasteiger partial charge in [0, 0.05) is 42.3 Å². The maximum atomic E-state index is 12.7. The van der Waals surface area contributed by atoms with E-state index in [1.807, 2.05) is 26.8 Å². The fourth-order valence-corrected chi connectivity index (χ4v) is 3.83. The van der Waals surface area contributed by atoms with Gasteiger partial charge in [0.15, 0.2) is 0 Å². The number of rotatable bonds is 7. The second-order valence-corrected chi connectivity index (χ2v) is 7.87. The summed E-state index contributed by atoms with van der Waals surface area (Å²) in [6.45, 7) is 12.2. The third-order valence-corrected chi connectivity index (χ3v) is 5.50. The summed E-state index contributed by atoms with van der Waals surface area (Å²) in [5.41, 5.74) is 3.15. The van der Waals surface area contributed by atoms with Gasteiger partial charge in [-0.1, -0.05) is 0 Å². The molecule has 0 aromatic heterocycles. The lowest BCUT2D eigenvalue weighted by Crippen LogP contribution is -2.38. The van der Waals surface area contributed by atoms with Crippen molar-refractivity contribution in [2.24, 2.45) is 11.8 Å². The van der Waals surface area contributed by atoms with Crippen LogP contribution in [0.25, 0.3) is 0 Å². The highest BCUT2D eigenvalue weighted by atomic mass is 16.2. The molecule has 0 bridgehead atoms. The lowest BCUT2D eigenvalue weighted by molar-refractivity contribution is -0.128. The Morgan fingerprint density at radius 1 is 1.04 bits per heavy atom. The van der Waals surface area contributed by atoms with E-state index in [-0.39, 0.29) is 29.7 Å². The van der Waals surface area contributed by atoms with Crippen molar-refractivity contribution < 1.29 is 9.59 Å². The first-order valence-electron chi connectivity index (χ1n) is 10.3. The number of benzene rings is 1. The molecule has 2 N–H and O–H groups in total. The topological polar surface area (TPSA) is 61.4 Å². The summed E-state index contributed by atoms with van der Waals surface area (Å²) in [5.74, 6) is 0.254. The zero-order valence-electron chi connectivity index (χ0n) is 17.5. The van der Waals surface area contributed by atoms with E-state index in [1.54, 1.807) is 0 Å². The van der Waals surface area contributed by atoms with Crippen molar-refractivity contribution in [2.75, 3.05) is 23.3 Å². The third-order valence-electron chi connectivity index (χ3n) is 5.50. The van der Waals surface area contributed by atoms with Crippen LogP contribution >= 0.6 is 0 Å². The van der Waals surface area contributed by atoms with Gasteiger partial charge < -0.3 is 15.5 Å². The fourth-order valence-electron chi connectivity index (χ4n) is 3.83. The Morgan fingerprint density at radius 2 is 1.59 bits per heavy atom. The number of hydrogen-bond donors (Lipinski definition) is 2. The minimum atomic E-state index is -0.00467. The highest BCUT2D eigenvalue weighted by Gasteiger charge is 2.30. The number of aryl methyl sites for hydroxylation is 1. The van der Waals surface area contributed by atoms with Crippen LogP contribution in [0.4, 0.5) is 11.4 Å². The van der Waals surface area contributed by atoms with Gasteiger partial charge in [-0.15, -0.1) is 0 Å². The van der Waals surface area contributed by atoms with Gasteiger partial charge in [0.2, 0.25) is 11.8 Å². The van der Waals surface area contributed by atoms with E-state index in [1.165, 1.54) is 5.69 Å². The van der Waals surface area contributed by atoms with Crippen LogP contribution in [0.15, 0.2) is 18.2 Å². The molecule has 5 heteroatoms. The zero-order valence-corrected chi connectivity index (χ0v) is 17.5. The van der Waals surface area contributed by atoms with Gasteiger partial charge in [-0.3, -0.25) is 9.59 Å². The normalized spacial score (nSPS) is 19.6. The molecule has 27 heavy (non-hydrogen) atoms. The maximum absolute atomic E-state index is 12.7. The van der Waals surface area contributed by atoms with Gasteiger partial charge >= 0.3 is 0 Å². The van der Waals surface area contributed by atoms with Crippen LogP contribution in [0.1, 0.15) is 58.9 Å². The van der Waals surface area contributed by atoms with Crippen molar-refractivity contribution in [3.63, 3.8) is 0 Å². The summed E-state index contributed by atoms with van der Waals surface area (Å²) < 4.78 is 0. The molecule has 2 rings (SSSR count). The lowest BCUT2D eigenvalue weighted by Gasteiger charge is -2.28. The standard InChI is InChI=1S/C22H35N3O2/c1-6-25(7-2)19-12-13-20(16(5)14-19)24-22(27)18-10-8-17(9-11-18)21(26)23-15(3)4/h12-15,17-18H,6-11H2,1-5H3,(H,23,26)(H,24,27). The molecule has 1 saturated carbocycles. The SMILES string of the molecule is CCN(CC)c1ccc(NC(=O)C2CCC(C(=O)NC(C)C)CC2)c(C)c1. The van der Waals surface area contributed by atoms with Crippen LogP contribution in [0.5, 0.6) is 0 Å². The van der Waals surface area contributed by atoms with E-state index in [9.17, 15) is 9.59 Å². The first kappa shape index (κ1) is 21.3. The summed E-state index contributed by atoms with van der Waals surface area (Å²) in [7, 11) is 0. The highest BCUT2D eigenvalue weighted by molar-refractivity contribution is 5.93. The molecule has 0 atom stereocenters. The Balaban J connectivity index is 1.92. The smallest absolute Gasteiger partial charge is 0.227 e. The molecule has 1 aromatic carbocycles. The van der Waals surface area contributed by atoms with Crippen molar-refractivity contribution in [1.29, 1.82) is 0 Å². The van der Waals surface area contributed by atoms with E-state index in [2.05, 4.69) is 41.5 Å². The lowest BCUT2D eigenvalue weighted by atomic mass is 9.81. The van der Waals surface area contributed by atoms with Gasteiger partial charge in [0.25, 0.3) is 0 Å². The van der Waals surface area contributed by atoms with Crippen molar-refractivity contribution in [3.8, 4) is 0 Å². The molecule has 1 aliphatic carbocycles. The number of carbonyl (C=O) groups excluding carboxylic acids is 2. The number of nitrogens with zero attached hydrogens (tertiary/aromatic N) is 1. The maximum Gasteiger partial charge on any atom is 0.227 e. The van der Waals surface area contributed by atoms with E-state index >= 15 is 0 Å². The summed E-state index contributed by atoms with van der Waals surface area (Å²) in [6.07, 6.45) is 3.13. The molecule has 0 heterocycles. The van der Waals surface area contributed by atoms with Crippen LogP contribution in [0.3, 0.4) is 0 Å². The number of anilines is 2. The molecule has 1 fully saturated rings. The molecular weight excluding hydrogens is 338 g/mol. The van der Waals surface area contributed by atoms with E-state index in [0.717, 1.165) is 50.0 Å². The average molecular weight is 374 g/mol. The van der Waals surface area contributed by atoms with Crippen LogP contribution in [-0.4, -0.2) is 30.9 Å². The first-order valence-corrected chi connectivity index (χ1v) is 10.3. The third kappa shape index (κ3) is 5.72. The monoisotopic (exact) mass is 373 g/mol. The summed E-state index contributed by atoms with van der Waals surface area (Å²) >= 11 is 0. The van der Waals surface area contributed by atoms with Crippen LogP contribution in [0, 0.1) is 18.8 Å². The fraction of sp³-hybridized carbons (Fsp3) is 0.636. The molecule has 0 saturated heterocycles. The van der Waals surface area contributed by atoms with Crippen molar-refractivity contribution in [1.82, 2.24) is 5.32 Å². The van der Waals surface area contributed by atoms with Gasteiger partial charge in [0.05, 0.1) is 0 Å². The second kappa shape index (κ2) is 9.77. The van der Waals surface area contributed by atoms with Gasteiger partial charge in [-0.05, 0) is 84.1 Å². The van der Waals surface area contributed by atoms with Crippen LogP contribution in [-0.2, 0) is 9.59 Å². The molecule has 5 nitrogen and oxygen atoms in total.